The molecule has 1 aliphatic carbocycles. The molecule has 2 rings (SSSR count). The van der Waals surface area contributed by atoms with Gasteiger partial charge >= 0.3 is 4.87 Å². The van der Waals surface area contributed by atoms with Crippen LogP contribution in [0.3, 0.4) is 0 Å². The van der Waals surface area contributed by atoms with Crippen molar-refractivity contribution in [2.45, 2.75) is 25.2 Å². The van der Waals surface area contributed by atoms with E-state index in [-0.39, 0.29) is 4.87 Å². The van der Waals surface area contributed by atoms with Crippen LogP contribution >= 0.6 is 11.3 Å². The lowest BCUT2D eigenvalue weighted by Crippen LogP contribution is -2.10. The molecule has 0 bridgehead atoms. The van der Waals surface area contributed by atoms with Crippen molar-refractivity contribution in [2.24, 2.45) is 0 Å². The summed E-state index contributed by atoms with van der Waals surface area (Å²) in [5.74, 6) is 0.666. The van der Waals surface area contributed by atoms with E-state index in [0.717, 1.165) is 5.69 Å². The van der Waals surface area contributed by atoms with Gasteiger partial charge in [0.2, 0.25) is 0 Å². The number of aromatic nitrogens is 1. The first-order valence-electron chi connectivity index (χ1n) is 3.54. The van der Waals surface area contributed by atoms with Crippen molar-refractivity contribution < 1.29 is 0 Å². The summed E-state index contributed by atoms with van der Waals surface area (Å²) < 4.78 is 0. The second-order valence-electron chi connectivity index (χ2n) is 2.73. The largest absolute Gasteiger partial charge is 0.316 e. The molecule has 0 atom stereocenters. The number of H-pyrrole nitrogens is 1. The van der Waals surface area contributed by atoms with E-state index in [4.69, 9.17) is 0 Å². The van der Waals surface area contributed by atoms with E-state index in [1.54, 1.807) is 0 Å². The molecule has 10 heavy (non-hydrogen) atoms. The SMILES string of the molecule is O=c1[nH]c(C2CCC2)cs1. The number of rotatable bonds is 1. The molecule has 0 aromatic carbocycles. The first kappa shape index (κ1) is 6.16. The molecular weight excluding hydrogens is 146 g/mol. The van der Waals surface area contributed by atoms with Crippen LogP contribution in [0.1, 0.15) is 30.9 Å². The third-order valence-electron chi connectivity index (χ3n) is 2.08. The predicted octanol–water partition coefficient (Wildman–Crippen LogP) is 1.70. The third-order valence-corrected chi connectivity index (χ3v) is 2.77. The minimum Gasteiger partial charge on any atom is -0.316 e. The molecule has 1 N–H and O–H groups in total. The van der Waals surface area contributed by atoms with Crippen LogP contribution in [0.25, 0.3) is 0 Å². The fourth-order valence-corrected chi connectivity index (χ4v) is 1.87. The Morgan fingerprint density at radius 2 is 2.40 bits per heavy atom. The van der Waals surface area contributed by atoms with Gasteiger partial charge in [0.1, 0.15) is 0 Å². The maximum Gasteiger partial charge on any atom is 0.304 e. The molecular formula is C7H9NOS. The zero-order valence-corrected chi connectivity index (χ0v) is 6.41. The van der Waals surface area contributed by atoms with Gasteiger partial charge in [0.05, 0.1) is 0 Å². The quantitative estimate of drug-likeness (QED) is 0.658. The molecule has 2 nitrogen and oxygen atoms in total. The highest BCUT2D eigenvalue weighted by molar-refractivity contribution is 7.07. The second-order valence-corrected chi connectivity index (χ2v) is 3.57. The van der Waals surface area contributed by atoms with Crippen LogP contribution in [-0.4, -0.2) is 4.98 Å². The highest BCUT2D eigenvalue weighted by atomic mass is 32.1. The Labute approximate surface area is 62.9 Å². The Morgan fingerprint density at radius 3 is 2.80 bits per heavy atom. The highest BCUT2D eigenvalue weighted by Crippen LogP contribution is 2.34. The summed E-state index contributed by atoms with van der Waals surface area (Å²) in [6, 6.07) is 0. The summed E-state index contributed by atoms with van der Waals surface area (Å²) in [5, 5.41) is 1.95. The van der Waals surface area contributed by atoms with Gasteiger partial charge in [-0.05, 0) is 18.8 Å². The van der Waals surface area contributed by atoms with Gasteiger partial charge in [-0.2, -0.15) is 0 Å². The summed E-state index contributed by atoms with van der Waals surface area (Å²) in [4.78, 5) is 13.6. The average Bonchev–Trinajstić information content (AvgIpc) is 2.10. The summed E-state index contributed by atoms with van der Waals surface area (Å²) in [6.07, 6.45) is 3.84. The van der Waals surface area contributed by atoms with Crippen LogP contribution in [0.5, 0.6) is 0 Å². The van der Waals surface area contributed by atoms with Crippen molar-refractivity contribution in [2.75, 3.05) is 0 Å². The molecule has 1 heterocycles. The molecule has 0 unspecified atom stereocenters. The summed E-state index contributed by atoms with van der Waals surface area (Å²) in [5.41, 5.74) is 1.15. The molecule has 3 heteroatoms. The summed E-state index contributed by atoms with van der Waals surface area (Å²) >= 11 is 1.27. The Hall–Kier alpha value is -0.570. The van der Waals surface area contributed by atoms with Gasteiger partial charge in [-0.3, -0.25) is 4.79 Å². The van der Waals surface area contributed by atoms with Crippen LogP contribution in [0.4, 0.5) is 0 Å². The van der Waals surface area contributed by atoms with Crippen molar-refractivity contribution in [1.82, 2.24) is 4.98 Å². The van der Waals surface area contributed by atoms with Gasteiger partial charge in [0, 0.05) is 11.1 Å². The second kappa shape index (κ2) is 2.23. The standard InChI is InChI=1S/C7H9NOS/c9-7-8-6(4-10-7)5-2-1-3-5/h4-5H,1-3H2,(H,8,9). The van der Waals surface area contributed by atoms with E-state index in [9.17, 15) is 4.79 Å². The normalized spacial score (nSPS) is 18.8. The molecule has 0 amide bonds. The molecule has 1 aliphatic rings. The molecule has 0 radical (unpaired) electrons. The van der Waals surface area contributed by atoms with Crippen LogP contribution in [0.2, 0.25) is 0 Å². The molecule has 1 aromatic heterocycles. The summed E-state index contributed by atoms with van der Waals surface area (Å²) in [7, 11) is 0. The average molecular weight is 155 g/mol. The Balaban J connectivity index is 2.25. The molecule has 0 aliphatic heterocycles. The van der Waals surface area contributed by atoms with Crippen molar-refractivity contribution >= 4 is 11.3 Å². The van der Waals surface area contributed by atoms with E-state index in [1.807, 2.05) is 5.38 Å². The Morgan fingerprint density at radius 1 is 1.60 bits per heavy atom. The summed E-state index contributed by atoms with van der Waals surface area (Å²) in [6.45, 7) is 0. The van der Waals surface area contributed by atoms with Crippen molar-refractivity contribution in [3.05, 3.63) is 20.7 Å². The molecule has 1 saturated carbocycles. The molecule has 1 fully saturated rings. The minimum absolute atomic E-state index is 0.0851. The number of hydrogen-bond acceptors (Lipinski definition) is 2. The Bertz CT molecular complexity index is 271. The predicted molar refractivity (Wildman–Crippen MR) is 41.5 cm³/mol. The van der Waals surface area contributed by atoms with E-state index in [2.05, 4.69) is 4.98 Å². The van der Waals surface area contributed by atoms with Gasteiger partial charge in [0.15, 0.2) is 0 Å². The van der Waals surface area contributed by atoms with Crippen LogP contribution < -0.4 is 4.87 Å². The smallest absolute Gasteiger partial charge is 0.304 e. The van der Waals surface area contributed by atoms with Crippen LogP contribution in [0, 0.1) is 0 Å². The molecule has 54 valence electrons. The molecule has 1 aromatic rings. The topological polar surface area (TPSA) is 32.9 Å². The van der Waals surface area contributed by atoms with E-state index < -0.39 is 0 Å². The maximum absolute atomic E-state index is 10.7. The van der Waals surface area contributed by atoms with Crippen molar-refractivity contribution in [1.29, 1.82) is 0 Å². The fourth-order valence-electron chi connectivity index (χ4n) is 1.21. The third kappa shape index (κ3) is 0.904. The van der Waals surface area contributed by atoms with Crippen molar-refractivity contribution in [3.63, 3.8) is 0 Å². The first-order chi connectivity index (χ1) is 4.86. The minimum atomic E-state index is 0.0851. The lowest BCUT2D eigenvalue weighted by Gasteiger charge is -2.23. The lowest BCUT2D eigenvalue weighted by atomic mass is 9.83. The molecule has 0 spiro atoms. The fraction of sp³-hybridized carbons (Fsp3) is 0.571. The maximum atomic E-state index is 10.7. The van der Waals surface area contributed by atoms with E-state index >= 15 is 0 Å². The number of aromatic amines is 1. The van der Waals surface area contributed by atoms with Gasteiger partial charge in [0.25, 0.3) is 0 Å². The van der Waals surface area contributed by atoms with E-state index in [0.29, 0.717) is 5.92 Å². The molecule has 0 saturated heterocycles. The number of nitrogens with one attached hydrogen (secondary N) is 1. The van der Waals surface area contributed by atoms with Crippen LogP contribution in [0.15, 0.2) is 10.2 Å². The van der Waals surface area contributed by atoms with Gasteiger partial charge in [-0.1, -0.05) is 17.8 Å². The monoisotopic (exact) mass is 155 g/mol. The Kier molecular flexibility index (Phi) is 1.38. The lowest BCUT2D eigenvalue weighted by molar-refractivity contribution is 0.412. The number of hydrogen-bond donors (Lipinski definition) is 1. The number of thiazole rings is 1. The van der Waals surface area contributed by atoms with Crippen LogP contribution in [-0.2, 0) is 0 Å². The first-order valence-corrected chi connectivity index (χ1v) is 4.42. The van der Waals surface area contributed by atoms with E-state index in [1.165, 1.54) is 30.6 Å². The zero-order chi connectivity index (χ0) is 6.97. The zero-order valence-electron chi connectivity index (χ0n) is 5.59. The van der Waals surface area contributed by atoms with Gasteiger partial charge < -0.3 is 4.98 Å². The highest BCUT2D eigenvalue weighted by Gasteiger charge is 2.20. The van der Waals surface area contributed by atoms with Crippen molar-refractivity contribution in [3.8, 4) is 0 Å². The van der Waals surface area contributed by atoms with Gasteiger partial charge in [-0.25, -0.2) is 0 Å². The van der Waals surface area contributed by atoms with Gasteiger partial charge in [-0.15, -0.1) is 0 Å².